The first-order valence-electron chi connectivity index (χ1n) is 5.65. The second-order valence-corrected chi connectivity index (χ2v) is 4.90. The number of carboxylic acids is 1. The van der Waals surface area contributed by atoms with Gasteiger partial charge in [0, 0.05) is 23.5 Å². The van der Waals surface area contributed by atoms with E-state index in [1.54, 1.807) is 6.07 Å². The molecule has 0 aliphatic heterocycles. The molecule has 0 unspecified atom stereocenters. The van der Waals surface area contributed by atoms with E-state index >= 15 is 0 Å². The Morgan fingerprint density at radius 3 is 2.74 bits per heavy atom. The normalized spacial score (nSPS) is 10.2. The van der Waals surface area contributed by atoms with E-state index in [9.17, 15) is 14.0 Å². The van der Waals surface area contributed by atoms with Gasteiger partial charge in [-0.05, 0) is 24.6 Å². The van der Waals surface area contributed by atoms with Gasteiger partial charge in [-0.15, -0.1) is 11.8 Å². The maximum atomic E-state index is 13.0. The van der Waals surface area contributed by atoms with E-state index in [1.165, 1.54) is 23.9 Å². The van der Waals surface area contributed by atoms with E-state index in [4.69, 9.17) is 10.8 Å². The predicted molar refractivity (Wildman–Crippen MR) is 71.4 cm³/mol. The summed E-state index contributed by atoms with van der Waals surface area (Å²) in [5.74, 6) is -1.42. The zero-order valence-corrected chi connectivity index (χ0v) is 11.0. The smallest absolute Gasteiger partial charge is 0.303 e. The number of hydrogen-bond acceptors (Lipinski definition) is 4. The Bertz CT molecular complexity index is 448. The lowest BCUT2D eigenvalue weighted by Crippen LogP contribution is -2.26. The molecular weight excluding hydrogens is 271 g/mol. The van der Waals surface area contributed by atoms with Gasteiger partial charge in [0.1, 0.15) is 5.82 Å². The molecule has 0 saturated carbocycles. The summed E-state index contributed by atoms with van der Waals surface area (Å²) in [6.07, 6.45) is 0.409. The minimum Gasteiger partial charge on any atom is -0.481 e. The lowest BCUT2D eigenvalue weighted by atomic mass is 10.3. The zero-order valence-electron chi connectivity index (χ0n) is 10.2. The van der Waals surface area contributed by atoms with Crippen LogP contribution < -0.4 is 11.1 Å². The van der Waals surface area contributed by atoms with Crippen molar-refractivity contribution >= 4 is 29.3 Å². The molecule has 0 fully saturated rings. The quantitative estimate of drug-likeness (QED) is 0.401. The molecule has 0 bridgehead atoms. The number of nitrogens with two attached hydrogens (primary N) is 1. The van der Waals surface area contributed by atoms with Gasteiger partial charge in [-0.1, -0.05) is 0 Å². The van der Waals surface area contributed by atoms with Gasteiger partial charge in [0.2, 0.25) is 5.91 Å². The number of rotatable bonds is 7. The summed E-state index contributed by atoms with van der Waals surface area (Å²) >= 11 is 1.17. The summed E-state index contributed by atoms with van der Waals surface area (Å²) in [5, 5.41) is 11.0. The molecule has 0 aromatic heterocycles. The lowest BCUT2D eigenvalue weighted by Gasteiger charge is -2.05. The molecule has 0 atom stereocenters. The van der Waals surface area contributed by atoms with Gasteiger partial charge >= 0.3 is 5.97 Å². The number of amides is 1. The van der Waals surface area contributed by atoms with Gasteiger partial charge < -0.3 is 16.2 Å². The van der Waals surface area contributed by atoms with Crippen molar-refractivity contribution in [2.75, 3.05) is 18.0 Å². The maximum absolute atomic E-state index is 13.0. The second-order valence-electron chi connectivity index (χ2n) is 3.86. The number of halogens is 1. The number of nitrogen functional groups attached to an aromatic ring is 1. The SMILES string of the molecule is Nc1cc(F)cc(SCC(=O)NCCCC(=O)O)c1. The Kier molecular flexibility index (Phi) is 6.14. The molecule has 0 aliphatic carbocycles. The van der Waals surface area contributed by atoms with Crippen molar-refractivity contribution in [1.29, 1.82) is 0 Å². The van der Waals surface area contributed by atoms with Crippen LogP contribution in [0.15, 0.2) is 23.1 Å². The van der Waals surface area contributed by atoms with Crippen LogP contribution >= 0.6 is 11.8 Å². The highest BCUT2D eigenvalue weighted by Gasteiger charge is 2.05. The largest absolute Gasteiger partial charge is 0.481 e. The van der Waals surface area contributed by atoms with Crippen molar-refractivity contribution in [3.8, 4) is 0 Å². The Morgan fingerprint density at radius 2 is 2.11 bits per heavy atom. The van der Waals surface area contributed by atoms with E-state index in [-0.39, 0.29) is 18.1 Å². The molecule has 1 amide bonds. The first-order chi connectivity index (χ1) is 8.97. The fourth-order valence-corrected chi connectivity index (χ4v) is 2.15. The summed E-state index contributed by atoms with van der Waals surface area (Å²) in [6, 6.07) is 4.10. The van der Waals surface area contributed by atoms with Crippen molar-refractivity contribution in [3.05, 3.63) is 24.0 Å². The van der Waals surface area contributed by atoms with Crippen molar-refractivity contribution in [2.45, 2.75) is 17.7 Å². The van der Waals surface area contributed by atoms with Gasteiger partial charge in [-0.2, -0.15) is 0 Å². The maximum Gasteiger partial charge on any atom is 0.303 e. The van der Waals surface area contributed by atoms with Crippen molar-refractivity contribution < 1.29 is 19.1 Å². The first-order valence-corrected chi connectivity index (χ1v) is 6.63. The minimum atomic E-state index is -0.890. The third-order valence-electron chi connectivity index (χ3n) is 2.15. The number of carbonyl (C=O) groups excluding carboxylic acids is 1. The van der Waals surface area contributed by atoms with Gasteiger partial charge in [0.25, 0.3) is 0 Å². The molecule has 5 nitrogen and oxygen atoms in total. The van der Waals surface area contributed by atoms with Crippen LogP contribution in [-0.4, -0.2) is 29.3 Å². The average molecular weight is 286 g/mol. The third kappa shape index (κ3) is 6.66. The van der Waals surface area contributed by atoms with Gasteiger partial charge in [-0.3, -0.25) is 9.59 Å². The van der Waals surface area contributed by atoms with Crippen molar-refractivity contribution in [1.82, 2.24) is 5.32 Å². The molecule has 0 spiro atoms. The number of benzene rings is 1. The van der Waals surface area contributed by atoms with Gasteiger partial charge in [0.15, 0.2) is 0 Å². The summed E-state index contributed by atoms with van der Waals surface area (Å²) in [6.45, 7) is 0.316. The van der Waals surface area contributed by atoms with Crippen LogP contribution in [0.25, 0.3) is 0 Å². The van der Waals surface area contributed by atoms with Crippen LogP contribution in [0.3, 0.4) is 0 Å². The lowest BCUT2D eigenvalue weighted by molar-refractivity contribution is -0.137. The van der Waals surface area contributed by atoms with Crippen LogP contribution in [0.5, 0.6) is 0 Å². The molecule has 4 N–H and O–H groups in total. The second kappa shape index (κ2) is 7.63. The number of thioether (sulfide) groups is 1. The Balaban J connectivity index is 2.28. The molecule has 104 valence electrons. The molecular formula is C12H15FN2O3S. The molecule has 1 rings (SSSR count). The molecule has 0 saturated heterocycles. The summed E-state index contributed by atoms with van der Waals surface area (Å²) in [7, 11) is 0. The minimum absolute atomic E-state index is 0.0217. The Hall–Kier alpha value is -1.76. The number of hydrogen-bond donors (Lipinski definition) is 3. The van der Waals surface area contributed by atoms with E-state index in [1.807, 2.05) is 0 Å². The molecule has 19 heavy (non-hydrogen) atoms. The van der Waals surface area contributed by atoms with Crippen molar-refractivity contribution in [3.63, 3.8) is 0 Å². The molecule has 7 heteroatoms. The molecule has 0 heterocycles. The number of aliphatic carboxylic acids is 1. The van der Waals surface area contributed by atoms with Gasteiger partial charge in [-0.25, -0.2) is 4.39 Å². The van der Waals surface area contributed by atoms with Crippen molar-refractivity contribution in [2.24, 2.45) is 0 Å². The van der Waals surface area contributed by atoms with Crippen LogP contribution in [0.2, 0.25) is 0 Å². The summed E-state index contributed by atoms with van der Waals surface area (Å²) < 4.78 is 13.0. The number of anilines is 1. The van der Waals surface area contributed by atoms with E-state index < -0.39 is 11.8 Å². The number of nitrogens with one attached hydrogen (secondary N) is 1. The topological polar surface area (TPSA) is 92.4 Å². The highest BCUT2D eigenvalue weighted by molar-refractivity contribution is 8.00. The molecule has 0 aliphatic rings. The average Bonchev–Trinajstić information content (AvgIpc) is 2.31. The van der Waals surface area contributed by atoms with Crippen LogP contribution in [0, 0.1) is 5.82 Å². The zero-order chi connectivity index (χ0) is 14.3. The van der Waals surface area contributed by atoms with E-state index in [2.05, 4.69) is 5.32 Å². The monoisotopic (exact) mass is 286 g/mol. The summed E-state index contributed by atoms with van der Waals surface area (Å²) in [4.78, 5) is 22.3. The van der Waals surface area contributed by atoms with Crippen LogP contribution in [0.1, 0.15) is 12.8 Å². The standard InChI is InChI=1S/C12H15FN2O3S/c13-8-4-9(14)6-10(5-8)19-7-11(16)15-3-1-2-12(17)18/h4-6H,1-3,7,14H2,(H,15,16)(H,17,18). The van der Waals surface area contributed by atoms with Crippen LogP contribution in [-0.2, 0) is 9.59 Å². The Labute approximate surface area is 114 Å². The third-order valence-corrected chi connectivity index (χ3v) is 3.13. The van der Waals surface area contributed by atoms with E-state index in [0.717, 1.165) is 0 Å². The summed E-state index contributed by atoms with van der Waals surface area (Å²) in [5.41, 5.74) is 5.79. The fourth-order valence-electron chi connectivity index (χ4n) is 1.34. The van der Waals surface area contributed by atoms with E-state index in [0.29, 0.717) is 23.5 Å². The predicted octanol–water partition coefficient (Wildman–Crippen LogP) is 1.48. The fraction of sp³-hybridized carbons (Fsp3) is 0.333. The molecule has 1 aromatic rings. The first kappa shape index (κ1) is 15.3. The number of carbonyl (C=O) groups is 2. The highest BCUT2D eigenvalue weighted by atomic mass is 32.2. The number of carboxylic acid groups (broad SMARTS) is 1. The molecule has 0 radical (unpaired) electrons. The molecule has 1 aromatic carbocycles. The van der Waals surface area contributed by atoms with Gasteiger partial charge in [0.05, 0.1) is 5.75 Å². The van der Waals surface area contributed by atoms with Crippen LogP contribution in [0.4, 0.5) is 10.1 Å². The highest BCUT2D eigenvalue weighted by Crippen LogP contribution is 2.21. The Morgan fingerprint density at radius 1 is 1.37 bits per heavy atom.